The van der Waals surface area contributed by atoms with Crippen LogP contribution in [0.4, 0.5) is 5.69 Å². The number of ether oxygens (including phenoxy) is 1. The smallest absolute Gasteiger partial charge is 0.122 e. The van der Waals surface area contributed by atoms with Gasteiger partial charge in [0.1, 0.15) is 5.75 Å². The van der Waals surface area contributed by atoms with Crippen LogP contribution in [0.1, 0.15) is 19.4 Å². The molecule has 1 aromatic carbocycles. The Balaban J connectivity index is 2.10. The van der Waals surface area contributed by atoms with E-state index in [0.717, 1.165) is 24.5 Å². The number of benzene rings is 1. The fourth-order valence-corrected chi connectivity index (χ4v) is 1.99. The number of anilines is 1. The van der Waals surface area contributed by atoms with Gasteiger partial charge >= 0.3 is 0 Å². The van der Waals surface area contributed by atoms with Crippen molar-refractivity contribution in [1.82, 2.24) is 0 Å². The molecule has 3 N–H and O–H groups in total. The third kappa shape index (κ3) is 2.30. The Bertz CT molecular complexity index is 363. The topological polar surface area (TPSA) is 47.3 Å². The highest BCUT2D eigenvalue weighted by molar-refractivity contribution is 5.53. The summed E-state index contributed by atoms with van der Waals surface area (Å²) in [6.07, 6.45) is 1.01. The minimum atomic E-state index is 0.334. The van der Waals surface area contributed by atoms with Crippen LogP contribution in [-0.2, 0) is 6.42 Å². The lowest BCUT2D eigenvalue weighted by molar-refractivity contribution is 0.357. The second-order valence-corrected chi connectivity index (χ2v) is 4.65. The van der Waals surface area contributed by atoms with Crippen molar-refractivity contribution in [2.45, 2.75) is 26.3 Å². The van der Waals surface area contributed by atoms with E-state index >= 15 is 0 Å². The van der Waals surface area contributed by atoms with Crippen molar-refractivity contribution in [3.05, 3.63) is 23.8 Å². The zero-order chi connectivity index (χ0) is 11.5. The first-order valence-corrected chi connectivity index (χ1v) is 5.93. The van der Waals surface area contributed by atoms with Crippen molar-refractivity contribution < 1.29 is 4.74 Å². The fraction of sp³-hybridized carbons (Fsp3) is 0.538. The first-order chi connectivity index (χ1) is 7.70. The molecule has 0 amide bonds. The van der Waals surface area contributed by atoms with Gasteiger partial charge < -0.3 is 15.8 Å². The Morgan fingerprint density at radius 3 is 2.94 bits per heavy atom. The Hall–Kier alpha value is -1.22. The van der Waals surface area contributed by atoms with Crippen LogP contribution in [0.15, 0.2) is 18.2 Å². The van der Waals surface area contributed by atoms with Crippen LogP contribution in [0.2, 0.25) is 0 Å². The van der Waals surface area contributed by atoms with Gasteiger partial charge in [-0.1, -0.05) is 13.8 Å². The molecule has 3 heteroatoms. The monoisotopic (exact) mass is 220 g/mol. The molecule has 0 saturated heterocycles. The first kappa shape index (κ1) is 11.3. The van der Waals surface area contributed by atoms with Crippen molar-refractivity contribution in [3.63, 3.8) is 0 Å². The number of rotatable bonds is 4. The van der Waals surface area contributed by atoms with Crippen molar-refractivity contribution in [1.29, 1.82) is 0 Å². The predicted octanol–water partition coefficient (Wildman–Crippen LogP) is 2.02. The minimum Gasteiger partial charge on any atom is -0.493 e. The average molecular weight is 220 g/mol. The van der Waals surface area contributed by atoms with E-state index in [-0.39, 0.29) is 0 Å². The molecule has 1 heterocycles. The third-order valence-electron chi connectivity index (χ3n) is 3.10. The van der Waals surface area contributed by atoms with Crippen molar-refractivity contribution in [2.75, 3.05) is 18.5 Å². The number of nitrogens with two attached hydrogens (primary N) is 1. The maximum Gasteiger partial charge on any atom is 0.122 e. The molecule has 1 unspecified atom stereocenters. The van der Waals surface area contributed by atoms with Crippen molar-refractivity contribution >= 4 is 5.69 Å². The third-order valence-corrected chi connectivity index (χ3v) is 3.10. The molecular formula is C13H20N2O. The summed E-state index contributed by atoms with van der Waals surface area (Å²) in [7, 11) is 0. The van der Waals surface area contributed by atoms with Crippen LogP contribution in [0.5, 0.6) is 5.75 Å². The highest BCUT2D eigenvalue weighted by Crippen LogP contribution is 2.28. The van der Waals surface area contributed by atoms with E-state index < -0.39 is 0 Å². The van der Waals surface area contributed by atoms with E-state index in [1.54, 1.807) is 0 Å². The summed E-state index contributed by atoms with van der Waals surface area (Å²) in [6, 6.07) is 6.61. The molecular weight excluding hydrogens is 200 g/mol. The van der Waals surface area contributed by atoms with Gasteiger partial charge in [-0.3, -0.25) is 0 Å². The second kappa shape index (κ2) is 4.74. The summed E-state index contributed by atoms with van der Waals surface area (Å²) in [5, 5.41) is 3.48. The number of nitrogens with one attached hydrogen (secondary N) is 1. The molecule has 0 bridgehead atoms. The van der Waals surface area contributed by atoms with E-state index in [1.807, 2.05) is 6.07 Å². The molecule has 0 aliphatic carbocycles. The van der Waals surface area contributed by atoms with E-state index in [2.05, 4.69) is 31.3 Å². The Morgan fingerprint density at radius 2 is 2.25 bits per heavy atom. The quantitative estimate of drug-likeness (QED) is 0.816. The molecule has 0 saturated carbocycles. The maximum atomic E-state index is 5.75. The van der Waals surface area contributed by atoms with Gasteiger partial charge in [-0.25, -0.2) is 0 Å². The van der Waals surface area contributed by atoms with Crippen molar-refractivity contribution in [2.24, 2.45) is 11.7 Å². The van der Waals surface area contributed by atoms with Gasteiger partial charge in [0.05, 0.1) is 6.61 Å². The molecule has 1 aliphatic heterocycles. The van der Waals surface area contributed by atoms with E-state index in [0.29, 0.717) is 18.5 Å². The summed E-state index contributed by atoms with van der Waals surface area (Å²) in [6.45, 7) is 5.83. The fourth-order valence-electron chi connectivity index (χ4n) is 1.99. The molecule has 16 heavy (non-hydrogen) atoms. The van der Waals surface area contributed by atoms with E-state index in [1.165, 1.54) is 5.56 Å². The van der Waals surface area contributed by atoms with Crippen LogP contribution >= 0.6 is 0 Å². The van der Waals surface area contributed by atoms with Gasteiger partial charge in [-0.05, 0) is 29.7 Å². The van der Waals surface area contributed by atoms with Gasteiger partial charge in [0.2, 0.25) is 0 Å². The van der Waals surface area contributed by atoms with Crippen molar-refractivity contribution in [3.8, 4) is 5.75 Å². The molecule has 1 atom stereocenters. The van der Waals surface area contributed by atoms with E-state index in [4.69, 9.17) is 10.5 Å². The summed E-state index contributed by atoms with van der Waals surface area (Å²) < 4.78 is 5.48. The summed E-state index contributed by atoms with van der Waals surface area (Å²) in [5.74, 6) is 1.56. The SMILES string of the molecule is CC(C)C(CN)Nc1ccc2c(c1)CCO2. The zero-order valence-electron chi connectivity index (χ0n) is 9.99. The maximum absolute atomic E-state index is 5.75. The normalized spacial score (nSPS) is 15.8. The largest absolute Gasteiger partial charge is 0.493 e. The number of fused-ring (bicyclic) bond motifs is 1. The average Bonchev–Trinajstić information content (AvgIpc) is 2.72. The van der Waals surface area contributed by atoms with Gasteiger partial charge in [0, 0.05) is 24.7 Å². The van der Waals surface area contributed by atoms with Crippen LogP contribution in [0.25, 0.3) is 0 Å². The Morgan fingerprint density at radius 1 is 1.44 bits per heavy atom. The number of hydrogen-bond donors (Lipinski definition) is 2. The zero-order valence-corrected chi connectivity index (χ0v) is 9.99. The van der Waals surface area contributed by atoms with E-state index in [9.17, 15) is 0 Å². The first-order valence-electron chi connectivity index (χ1n) is 5.93. The lowest BCUT2D eigenvalue weighted by atomic mass is 10.0. The highest BCUT2D eigenvalue weighted by atomic mass is 16.5. The lowest BCUT2D eigenvalue weighted by Gasteiger charge is -2.22. The molecule has 0 spiro atoms. The standard InChI is InChI=1S/C13H20N2O/c1-9(2)12(8-14)15-11-3-4-13-10(7-11)5-6-16-13/h3-4,7,9,12,15H,5-6,8,14H2,1-2H3. The molecule has 3 nitrogen and oxygen atoms in total. The molecule has 0 fully saturated rings. The van der Waals surface area contributed by atoms with Crippen LogP contribution < -0.4 is 15.8 Å². The number of hydrogen-bond acceptors (Lipinski definition) is 3. The van der Waals surface area contributed by atoms with Crippen LogP contribution in [0.3, 0.4) is 0 Å². The summed E-state index contributed by atoms with van der Waals surface area (Å²) in [5.41, 5.74) is 8.19. The van der Waals surface area contributed by atoms with Gasteiger partial charge in [-0.15, -0.1) is 0 Å². The van der Waals surface area contributed by atoms with Crippen LogP contribution in [0, 0.1) is 5.92 Å². The highest BCUT2D eigenvalue weighted by Gasteiger charge is 2.14. The van der Waals surface area contributed by atoms with Gasteiger partial charge in [-0.2, -0.15) is 0 Å². The summed E-state index contributed by atoms with van der Waals surface area (Å²) in [4.78, 5) is 0. The Labute approximate surface area is 97.0 Å². The molecule has 0 radical (unpaired) electrons. The molecule has 0 aromatic heterocycles. The molecule has 1 aromatic rings. The Kier molecular flexibility index (Phi) is 3.34. The molecule has 1 aliphatic rings. The lowest BCUT2D eigenvalue weighted by Crippen LogP contribution is -2.33. The van der Waals surface area contributed by atoms with Gasteiger partial charge in [0.15, 0.2) is 0 Å². The summed E-state index contributed by atoms with van der Waals surface area (Å²) >= 11 is 0. The molecule has 2 rings (SSSR count). The van der Waals surface area contributed by atoms with Gasteiger partial charge in [0.25, 0.3) is 0 Å². The molecule has 88 valence electrons. The second-order valence-electron chi connectivity index (χ2n) is 4.65. The predicted molar refractivity (Wildman–Crippen MR) is 66.9 cm³/mol. The minimum absolute atomic E-state index is 0.334. The van der Waals surface area contributed by atoms with Crippen LogP contribution in [-0.4, -0.2) is 19.2 Å².